The van der Waals surface area contributed by atoms with E-state index in [2.05, 4.69) is 46.1 Å². The van der Waals surface area contributed by atoms with Gasteiger partial charge in [-0.05, 0) is 35.4 Å². The Morgan fingerprint density at radius 3 is 2.84 bits per heavy atom. The van der Waals surface area contributed by atoms with Gasteiger partial charge in [0.05, 0.1) is 0 Å². The van der Waals surface area contributed by atoms with E-state index in [1.165, 1.54) is 11.0 Å². The quantitative estimate of drug-likeness (QED) is 0.654. The lowest BCUT2D eigenvalue weighted by Gasteiger charge is -2.32. The fourth-order valence-corrected chi connectivity index (χ4v) is 2.79. The molecule has 0 aromatic carbocycles. The largest absolute Gasteiger partial charge is 0.355 e. The Bertz CT molecular complexity index is 822. The van der Waals surface area contributed by atoms with Crippen LogP contribution in [0.4, 0.5) is 5.82 Å². The SMILES string of the molecule is O=C(NC1CCN(c2cccnn2)CC1)c1cc(-n2cnnn2)n[nH]1. The Balaban J connectivity index is 1.33. The number of carbonyl (C=O) groups is 1. The van der Waals surface area contributed by atoms with Crippen LogP contribution >= 0.6 is 0 Å². The number of hydrogen-bond acceptors (Lipinski definition) is 8. The molecule has 11 heteroatoms. The molecule has 1 fully saturated rings. The lowest BCUT2D eigenvalue weighted by atomic mass is 10.0. The first-order chi connectivity index (χ1) is 12.3. The summed E-state index contributed by atoms with van der Waals surface area (Å²) in [5.74, 6) is 1.14. The molecule has 2 N–H and O–H groups in total. The maximum atomic E-state index is 12.4. The van der Waals surface area contributed by atoms with E-state index in [-0.39, 0.29) is 11.9 Å². The van der Waals surface area contributed by atoms with E-state index in [0.29, 0.717) is 11.5 Å². The molecular weight excluding hydrogens is 324 g/mol. The van der Waals surface area contributed by atoms with Crippen molar-refractivity contribution in [2.45, 2.75) is 18.9 Å². The van der Waals surface area contributed by atoms with E-state index in [1.54, 1.807) is 12.3 Å². The van der Waals surface area contributed by atoms with Gasteiger partial charge in [0.2, 0.25) is 0 Å². The van der Waals surface area contributed by atoms with Gasteiger partial charge in [0.15, 0.2) is 11.6 Å². The van der Waals surface area contributed by atoms with Gasteiger partial charge in [-0.25, -0.2) is 0 Å². The number of piperidine rings is 1. The average Bonchev–Trinajstić information content (AvgIpc) is 3.35. The first kappa shape index (κ1) is 15.2. The molecule has 0 saturated carbocycles. The molecule has 4 heterocycles. The average molecular weight is 340 g/mol. The molecule has 1 amide bonds. The monoisotopic (exact) mass is 340 g/mol. The summed E-state index contributed by atoms with van der Waals surface area (Å²) in [4.78, 5) is 14.5. The summed E-state index contributed by atoms with van der Waals surface area (Å²) in [5, 5.41) is 28.6. The van der Waals surface area contributed by atoms with Crippen LogP contribution in [0.1, 0.15) is 23.3 Å². The van der Waals surface area contributed by atoms with Gasteiger partial charge in [-0.2, -0.15) is 14.9 Å². The van der Waals surface area contributed by atoms with Crippen LogP contribution in [0.3, 0.4) is 0 Å². The number of aromatic amines is 1. The van der Waals surface area contributed by atoms with Crippen LogP contribution in [0, 0.1) is 0 Å². The summed E-state index contributed by atoms with van der Waals surface area (Å²) in [6.07, 6.45) is 4.76. The number of nitrogens with one attached hydrogen (secondary N) is 2. The summed E-state index contributed by atoms with van der Waals surface area (Å²) in [6.45, 7) is 1.64. The highest BCUT2D eigenvalue weighted by atomic mass is 16.2. The second-order valence-electron chi connectivity index (χ2n) is 5.71. The molecule has 0 atom stereocenters. The molecule has 1 aliphatic heterocycles. The lowest BCUT2D eigenvalue weighted by Crippen LogP contribution is -2.45. The van der Waals surface area contributed by atoms with Crippen molar-refractivity contribution in [2.24, 2.45) is 0 Å². The van der Waals surface area contributed by atoms with Gasteiger partial charge in [0.25, 0.3) is 5.91 Å². The zero-order chi connectivity index (χ0) is 17.1. The number of rotatable bonds is 4. The van der Waals surface area contributed by atoms with Crippen LogP contribution in [-0.2, 0) is 0 Å². The summed E-state index contributed by atoms with van der Waals surface area (Å²) in [5.41, 5.74) is 0.377. The van der Waals surface area contributed by atoms with Crippen LogP contribution in [0.2, 0.25) is 0 Å². The van der Waals surface area contributed by atoms with E-state index in [9.17, 15) is 4.79 Å². The van der Waals surface area contributed by atoms with E-state index in [1.807, 2.05) is 12.1 Å². The summed E-state index contributed by atoms with van der Waals surface area (Å²) in [7, 11) is 0. The summed E-state index contributed by atoms with van der Waals surface area (Å²) in [6, 6.07) is 5.54. The van der Waals surface area contributed by atoms with Gasteiger partial charge in [-0.15, -0.1) is 10.2 Å². The number of carbonyl (C=O) groups excluding carboxylic acids is 1. The predicted octanol–water partition coefficient (Wildman–Crippen LogP) is -0.426. The molecule has 0 spiro atoms. The Labute approximate surface area is 142 Å². The molecule has 4 rings (SSSR count). The molecule has 25 heavy (non-hydrogen) atoms. The zero-order valence-electron chi connectivity index (χ0n) is 13.3. The second-order valence-corrected chi connectivity index (χ2v) is 5.71. The van der Waals surface area contributed by atoms with Gasteiger partial charge >= 0.3 is 0 Å². The van der Waals surface area contributed by atoms with E-state index in [0.717, 1.165) is 31.7 Å². The standard InChI is InChI=1S/C14H16N10O/c25-14(11-8-13(20-18-11)24-9-16-21-22-24)17-10-3-6-23(7-4-10)12-2-1-5-15-19-12/h1-2,5,8-10H,3-4,6-7H2,(H,17,25)(H,18,20). The van der Waals surface area contributed by atoms with Gasteiger partial charge < -0.3 is 10.2 Å². The normalized spacial score (nSPS) is 15.3. The minimum Gasteiger partial charge on any atom is -0.355 e. The van der Waals surface area contributed by atoms with Crippen molar-refractivity contribution >= 4 is 11.7 Å². The van der Waals surface area contributed by atoms with Crippen molar-refractivity contribution in [1.82, 2.24) is 45.9 Å². The smallest absolute Gasteiger partial charge is 0.269 e. The Morgan fingerprint density at radius 1 is 1.24 bits per heavy atom. The van der Waals surface area contributed by atoms with E-state index >= 15 is 0 Å². The minimum absolute atomic E-state index is 0.111. The van der Waals surface area contributed by atoms with E-state index < -0.39 is 0 Å². The fraction of sp³-hybridized carbons (Fsp3) is 0.357. The molecule has 0 unspecified atom stereocenters. The van der Waals surface area contributed by atoms with Crippen LogP contribution < -0.4 is 10.2 Å². The molecule has 0 aliphatic carbocycles. The number of anilines is 1. The predicted molar refractivity (Wildman–Crippen MR) is 86.0 cm³/mol. The van der Waals surface area contributed by atoms with Crippen molar-refractivity contribution in [2.75, 3.05) is 18.0 Å². The van der Waals surface area contributed by atoms with Crippen LogP contribution in [-0.4, -0.2) is 65.6 Å². The number of hydrogen-bond donors (Lipinski definition) is 2. The highest BCUT2D eigenvalue weighted by Gasteiger charge is 2.23. The molecule has 3 aromatic rings. The maximum absolute atomic E-state index is 12.4. The minimum atomic E-state index is -0.190. The number of amides is 1. The number of H-pyrrole nitrogens is 1. The number of aromatic nitrogens is 8. The molecule has 11 nitrogen and oxygen atoms in total. The molecule has 0 radical (unpaired) electrons. The molecule has 0 bridgehead atoms. The van der Waals surface area contributed by atoms with Crippen molar-refractivity contribution < 1.29 is 4.79 Å². The first-order valence-corrected chi connectivity index (χ1v) is 7.92. The molecular formula is C14H16N10O. The summed E-state index contributed by atoms with van der Waals surface area (Å²) >= 11 is 0. The van der Waals surface area contributed by atoms with Gasteiger partial charge in [-0.3, -0.25) is 9.89 Å². The molecule has 3 aromatic heterocycles. The van der Waals surface area contributed by atoms with Crippen molar-refractivity contribution in [3.05, 3.63) is 36.4 Å². The van der Waals surface area contributed by atoms with Crippen LogP contribution in [0.25, 0.3) is 5.82 Å². The third-order valence-electron chi connectivity index (χ3n) is 4.11. The highest BCUT2D eigenvalue weighted by molar-refractivity contribution is 5.92. The Morgan fingerprint density at radius 2 is 2.12 bits per heavy atom. The van der Waals surface area contributed by atoms with Crippen molar-refractivity contribution in [3.63, 3.8) is 0 Å². The third-order valence-corrected chi connectivity index (χ3v) is 4.11. The van der Waals surface area contributed by atoms with Gasteiger partial charge in [0, 0.05) is 31.4 Å². The van der Waals surface area contributed by atoms with E-state index in [4.69, 9.17) is 0 Å². The first-order valence-electron chi connectivity index (χ1n) is 7.92. The molecule has 1 saturated heterocycles. The van der Waals surface area contributed by atoms with Gasteiger partial charge in [0.1, 0.15) is 12.0 Å². The maximum Gasteiger partial charge on any atom is 0.269 e. The number of nitrogens with zero attached hydrogens (tertiary/aromatic N) is 8. The topological polar surface area (TPSA) is 130 Å². The second kappa shape index (κ2) is 6.63. The fourth-order valence-electron chi connectivity index (χ4n) is 2.79. The highest BCUT2D eigenvalue weighted by Crippen LogP contribution is 2.17. The van der Waals surface area contributed by atoms with Gasteiger partial charge in [-0.1, -0.05) is 0 Å². The van der Waals surface area contributed by atoms with Crippen LogP contribution in [0.5, 0.6) is 0 Å². The zero-order valence-corrected chi connectivity index (χ0v) is 13.3. The van der Waals surface area contributed by atoms with Crippen molar-refractivity contribution in [1.29, 1.82) is 0 Å². The molecule has 128 valence electrons. The molecule has 1 aliphatic rings. The Kier molecular flexibility index (Phi) is 4.02. The lowest BCUT2D eigenvalue weighted by molar-refractivity contribution is 0.0926. The van der Waals surface area contributed by atoms with Crippen molar-refractivity contribution in [3.8, 4) is 5.82 Å². The van der Waals surface area contributed by atoms with Crippen LogP contribution in [0.15, 0.2) is 30.7 Å². The summed E-state index contributed by atoms with van der Waals surface area (Å²) < 4.78 is 1.38. The third kappa shape index (κ3) is 3.29. The Hall–Kier alpha value is -3.37. The number of tetrazole rings is 1.